The van der Waals surface area contributed by atoms with Crippen LogP contribution in [0.3, 0.4) is 0 Å². The summed E-state index contributed by atoms with van der Waals surface area (Å²) in [4.78, 5) is 20.1. The van der Waals surface area contributed by atoms with E-state index in [-0.39, 0.29) is 5.91 Å². The molecule has 2 aromatic carbocycles. The number of benzene rings is 2. The maximum Gasteiger partial charge on any atom is 0.223 e. The minimum absolute atomic E-state index is 0.280. The van der Waals surface area contributed by atoms with Crippen LogP contribution in [0.1, 0.15) is 31.5 Å². The monoisotopic (exact) mass is 374 g/mol. The Kier molecular flexibility index (Phi) is 4.61. The highest BCUT2D eigenvalue weighted by Gasteiger charge is 2.37. The van der Waals surface area contributed by atoms with Gasteiger partial charge < -0.3 is 10.2 Å². The van der Waals surface area contributed by atoms with E-state index in [9.17, 15) is 4.79 Å². The Labute approximate surface area is 165 Å². The van der Waals surface area contributed by atoms with E-state index in [1.165, 1.54) is 0 Å². The second-order valence-electron chi connectivity index (χ2n) is 7.87. The predicted molar refractivity (Wildman–Crippen MR) is 111 cm³/mol. The maximum atomic E-state index is 13.1. The molecule has 5 rings (SSSR count). The van der Waals surface area contributed by atoms with Gasteiger partial charge in [0.15, 0.2) is 0 Å². The van der Waals surface area contributed by atoms with Crippen LogP contribution in [0.15, 0.2) is 54.6 Å². The first kappa shape index (κ1) is 17.4. The number of nitrogens with zero attached hydrogens (tertiary/aromatic N) is 3. The van der Waals surface area contributed by atoms with Crippen LogP contribution >= 0.6 is 0 Å². The Morgan fingerprint density at radius 1 is 1.00 bits per heavy atom. The average molecular weight is 374 g/mol. The summed E-state index contributed by atoms with van der Waals surface area (Å²) >= 11 is 0. The summed E-state index contributed by atoms with van der Waals surface area (Å²) in [7, 11) is 0. The molecule has 5 nitrogen and oxygen atoms in total. The zero-order chi connectivity index (χ0) is 18.9. The molecule has 1 aromatic heterocycles. The van der Waals surface area contributed by atoms with Gasteiger partial charge in [-0.15, -0.1) is 0 Å². The Hall–Kier alpha value is -2.66. The van der Waals surface area contributed by atoms with Crippen LogP contribution in [-0.4, -0.2) is 45.5 Å². The molecule has 2 atom stereocenters. The number of carbonyl (C=O) groups is 1. The van der Waals surface area contributed by atoms with Gasteiger partial charge in [-0.2, -0.15) is 0 Å². The first-order valence-corrected chi connectivity index (χ1v) is 10.3. The molecule has 2 unspecified atom stereocenters. The van der Waals surface area contributed by atoms with Crippen molar-refractivity contribution in [3.8, 4) is 5.69 Å². The van der Waals surface area contributed by atoms with Crippen molar-refractivity contribution in [2.75, 3.05) is 13.1 Å². The van der Waals surface area contributed by atoms with E-state index in [4.69, 9.17) is 4.98 Å². The highest BCUT2D eigenvalue weighted by Crippen LogP contribution is 2.29. The predicted octanol–water partition coefficient (Wildman–Crippen LogP) is 3.31. The molecule has 5 heteroatoms. The first-order valence-electron chi connectivity index (χ1n) is 10.3. The number of para-hydroxylation sites is 3. The third-order valence-electron chi connectivity index (χ3n) is 6.15. The summed E-state index contributed by atoms with van der Waals surface area (Å²) in [6, 6.07) is 19.3. The lowest BCUT2D eigenvalue weighted by Crippen LogP contribution is -2.42. The summed E-state index contributed by atoms with van der Waals surface area (Å²) in [6.45, 7) is 1.96. The Balaban J connectivity index is 1.42. The second-order valence-corrected chi connectivity index (χ2v) is 7.87. The molecular weight excluding hydrogens is 348 g/mol. The van der Waals surface area contributed by atoms with Gasteiger partial charge in [-0.25, -0.2) is 4.98 Å². The van der Waals surface area contributed by atoms with E-state index in [0.29, 0.717) is 24.9 Å². The Bertz CT molecular complexity index is 967. The third-order valence-corrected chi connectivity index (χ3v) is 6.15. The van der Waals surface area contributed by atoms with Crippen LogP contribution in [0.2, 0.25) is 0 Å². The fourth-order valence-corrected chi connectivity index (χ4v) is 4.85. The number of aromatic nitrogens is 2. The minimum Gasteiger partial charge on any atom is -0.335 e. The number of nitrogens with one attached hydrogen (secondary N) is 1. The lowest BCUT2D eigenvalue weighted by molar-refractivity contribution is -0.133. The highest BCUT2D eigenvalue weighted by molar-refractivity contribution is 5.80. The molecule has 28 heavy (non-hydrogen) atoms. The van der Waals surface area contributed by atoms with Crippen LogP contribution in [0, 0.1) is 0 Å². The summed E-state index contributed by atoms with van der Waals surface area (Å²) in [6.07, 6.45) is 4.53. The largest absolute Gasteiger partial charge is 0.335 e. The van der Waals surface area contributed by atoms with E-state index in [0.717, 1.165) is 54.9 Å². The van der Waals surface area contributed by atoms with Crippen molar-refractivity contribution in [1.82, 2.24) is 19.8 Å². The van der Waals surface area contributed by atoms with Gasteiger partial charge in [-0.3, -0.25) is 9.36 Å². The molecule has 2 bridgehead atoms. The van der Waals surface area contributed by atoms with Gasteiger partial charge in [-0.1, -0.05) is 30.3 Å². The molecule has 0 radical (unpaired) electrons. The number of amides is 1. The molecule has 2 saturated heterocycles. The van der Waals surface area contributed by atoms with Crippen molar-refractivity contribution < 1.29 is 4.79 Å². The first-order chi connectivity index (χ1) is 13.8. The SMILES string of the molecule is O=C(CCc1nc2ccccc2n1-c1ccccc1)N1C2CCNCC1CC2. The van der Waals surface area contributed by atoms with Crippen LogP contribution in [0.25, 0.3) is 16.7 Å². The maximum absolute atomic E-state index is 13.1. The molecule has 2 fully saturated rings. The van der Waals surface area contributed by atoms with E-state index in [1.54, 1.807) is 0 Å². The summed E-state index contributed by atoms with van der Waals surface area (Å²) in [5.74, 6) is 1.24. The molecule has 3 heterocycles. The molecule has 3 aromatic rings. The normalized spacial score (nSPS) is 21.8. The molecule has 0 saturated carbocycles. The van der Waals surface area contributed by atoms with Gasteiger partial charge in [0, 0.05) is 37.2 Å². The van der Waals surface area contributed by atoms with Gasteiger partial charge in [0.25, 0.3) is 0 Å². The zero-order valence-corrected chi connectivity index (χ0v) is 16.1. The van der Waals surface area contributed by atoms with Crippen molar-refractivity contribution in [2.24, 2.45) is 0 Å². The smallest absolute Gasteiger partial charge is 0.223 e. The quantitative estimate of drug-likeness (QED) is 0.762. The third kappa shape index (κ3) is 3.10. The summed E-state index contributed by atoms with van der Waals surface area (Å²) in [5.41, 5.74) is 3.17. The molecule has 0 spiro atoms. The molecule has 1 amide bonds. The van der Waals surface area contributed by atoms with Crippen LogP contribution in [0.4, 0.5) is 0 Å². The molecular formula is C23H26N4O. The molecule has 2 aliphatic heterocycles. The van der Waals surface area contributed by atoms with Crippen molar-refractivity contribution in [1.29, 1.82) is 0 Å². The topological polar surface area (TPSA) is 50.2 Å². The standard InChI is InChI=1S/C23H26N4O/c28-23(26-18-10-11-19(26)16-24-15-14-18)13-12-22-25-20-8-4-5-9-21(20)27(22)17-6-2-1-3-7-17/h1-9,18-19,24H,10-16H2. The molecule has 144 valence electrons. The van der Waals surface area contributed by atoms with E-state index >= 15 is 0 Å². The highest BCUT2D eigenvalue weighted by atomic mass is 16.2. The van der Waals surface area contributed by atoms with E-state index in [2.05, 4.69) is 33.0 Å². The summed E-state index contributed by atoms with van der Waals surface area (Å²) in [5, 5.41) is 3.48. The Morgan fingerprint density at radius 2 is 1.79 bits per heavy atom. The van der Waals surface area contributed by atoms with Crippen molar-refractivity contribution >= 4 is 16.9 Å². The fraction of sp³-hybridized carbons (Fsp3) is 0.391. The van der Waals surface area contributed by atoms with Gasteiger partial charge in [0.1, 0.15) is 5.82 Å². The number of hydrogen-bond acceptors (Lipinski definition) is 3. The number of aryl methyl sites for hydroxylation is 1. The number of imidazole rings is 1. The van der Waals surface area contributed by atoms with Crippen molar-refractivity contribution in [3.05, 3.63) is 60.4 Å². The van der Waals surface area contributed by atoms with Gasteiger partial charge in [-0.05, 0) is 50.1 Å². The lowest BCUT2D eigenvalue weighted by Gasteiger charge is -2.28. The molecule has 1 N–H and O–H groups in total. The minimum atomic E-state index is 0.280. The molecule has 0 aliphatic carbocycles. The second kappa shape index (κ2) is 7.40. The van der Waals surface area contributed by atoms with Crippen LogP contribution in [0.5, 0.6) is 0 Å². The van der Waals surface area contributed by atoms with Gasteiger partial charge >= 0.3 is 0 Å². The Morgan fingerprint density at radius 3 is 2.68 bits per heavy atom. The van der Waals surface area contributed by atoms with Gasteiger partial charge in [0.2, 0.25) is 5.91 Å². The number of fused-ring (bicyclic) bond motifs is 3. The van der Waals surface area contributed by atoms with E-state index < -0.39 is 0 Å². The average Bonchev–Trinajstić information content (AvgIpc) is 3.22. The number of rotatable bonds is 4. The summed E-state index contributed by atoms with van der Waals surface area (Å²) < 4.78 is 2.20. The number of hydrogen-bond donors (Lipinski definition) is 1. The van der Waals surface area contributed by atoms with Crippen molar-refractivity contribution in [2.45, 2.75) is 44.2 Å². The lowest BCUT2D eigenvalue weighted by atomic mass is 10.1. The van der Waals surface area contributed by atoms with Gasteiger partial charge in [0.05, 0.1) is 11.0 Å². The van der Waals surface area contributed by atoms with Crippen LogP contribution < -0.4 is 5.32 Å². The van der Waals surface area contributed by atoms with Crippen LogP contribution in [-0.2, 0) is 11.2 Å². The van der Waals surface area contributed by atoms with E-state index in [1.807, 2.05) is 36.4 Å². The fourth-order valence-electron chi connectivity index (χ4n) is 4.85. The van der Waals surface area contributed by atoms with Crippen molar-refractivity contribution in [3.63, 3.8) is 0 Å². The number of carbonyl (C=O) groups excluding carboxylic acids is 1. The zero-order valence-electron chi connectivity index (χ0n) is 16.1. The molecule has 2 aliphatic rings.